The second kappa shape index (κ2) is 4.10. The van der Waals surface area contributed by atoms with Crippen molar-refractivity contribution in [2.75, 3.05) is 0 Å². The first-order chi connectivity index (χ1) is 6.86. The molecule has 1 aromatic rings. The summed E-state index contributed by atoms with van der Waals surface area (Å²) in [5.74, 6) is -0.226. The van der Waals surface area contributed by atoms with Crippen LogP contribution < -0.4 is 5.32 Å². The maximum atomic E-state index is 11.5. The fourth-order valence-electron chi connectivity index (χ4n) is 1.17. The molecule has 0 radical (unpaired) electrons. The van der Waals surface area contributed by atoms with Gasteiger partial charge >= 0.3 is 0 Å². The lowest BCUT2D eigenvalue weighted by Gasteiger charge is -2.13. The fourth-order valence-corrected chi connectivity index (χ4v) is 1.28. The highest BCUT2D eigenvalue weighted by Crippen LogP contribution is 2.21. The molecule has 1 amide bonds. The van der Waals surface area contributed by atoms with Crippen LogP contribution in [0.2, 0.25) is 0 Å². The van der Waals surface area contributed by atoms with Crippen LogP contribution in [0.15, 0.2) is 6.07 Å². The minimum atomic E-state index is -0.226. The Kier molecular flexibility index (Phi) is 3.24. The lowest BCUT2D eigenvalue weighted by atomic mass is 9.92. The van der Waals surface area contributed by atoms with Crippen molar-refractivity contribution in [2.24, 2.45) is 7.05 Å². The largest absolute Gasteiger partial charge is 0.318 e. The van der Waals surface area contributed by atoms with E-state index in [1.165, 1.54) is 5.49 Å². The van der Waals surface area contributed by atoms with E-state index in [-0.39, 0.29) is 11.3 Å². The van der Waals surface area contributed by atoms with E-state index in [2.05, 4.69) is 43.4 Å². The van der Waals surface area contributed by atoms with E-state index in [0.717, 1.165) is 5.69 Å². The number of rotatable bonds is 2. The molecule has 1 heterocycles. The molecule has 0 bridgehead atoms. The third-order valence-electron chi connectivity index (χ3n) is 2.07. The van der Waals surface area contributed by atoms with Gasteiger partial charge in [-0.3, -0.25) is 9.48 Å². The van der Waals surface area contributed by atoms with Crippen LogP contribution >= 0.6 is 12.2 Å². The van der Waals surface area contributed by atoms with Gasteiger partial charge in [0.05, 0.1) is 11.2 Å². The van der Waals surface area contributed by atoms with E-state index in [0.29, 0.717) is 5.69 Å². The van der Waals surface area contributed by atoms with Crippen molar-refractivity contribution in [1.82, 2.24) is 15.1 Å². The van der Waals surface area contributed by atoms with Crippen molar-refractivity contribution in [3.8, 4) is 0 Å². The summed E-state index contributed by atoms with van der Waals surface area (Å²) < 4.78 is 1.56. The van der Waals surface area contributed by atoms with Crippen LogP contribution in [-0.4, -0.2) is 21.2 Å². The van der Waals surface area contributed by atoms with Gasteiger partial charge in [-0.05, 0) is 6.07 Å². The van der Waals surface area contributed by atoms with Gasteiger partial charge in [-0.25, -0.2) is 0 Å². The first-order valence-corrected chi connectivity index (χ1v) is 5.12. The van der Waals surface area contributed by atoms with Gasteiger partial charge in [-0.2, -0.15) is 5.10 Å². The number of nitrogens with one attached hydrogen (secondary N) is 1. The number of thiocarbonyl (C=S) groups is 1. The third-order valence-corrected chi connectivity index (χ3v) is 2.19. The van der Waals surface area contributed by atoms with Crippen molar-refractivity contribution in [3.63, 3.8) is 0 Å². The first-order valence-electron chi connectivity index (χ1n) is 4.65. The van der Waals surface area contributed by atoms with Crippen molar-refractivity contribution in [3.05, 3.63) is 17.5 Å². The monoisotopic (exact) mass is 225 g/mol. The summed E-state index contributed by atoms with van der Waals surface area (Å²) >= 11 is 4.57. The van der Waals surface area contributed by atoms with Crippen molar-refractivity contribution < 1.29 is 4.79 Å². The minimum Gasteiger partial charge on any atom is -0.318 e. The maximum absolute atomic E-state index is 11.5. The summed E-state index contributed by atoms with van der Waals surface area (Å²) in [4.78, 5) is 11.5. The summed E-state index contributed by atoms with van der Waals surface area (Å²) in [5.41, 5.74) is 2.54. The zero-order valence-electron chi connectivity index (χ0n) is 9.37. The highest BCUT2D eigenvalue weighted by Gasteiger charge is 2.21. The van der Waals surface area contributed by atoms with Gasteiger partial charge in [0.15, 0.2) is 0 Å². The average molecular weight is 225 g/mol. The molecule has 0 aromatic carbocycles. The SMILES string of the molecule is Cn1nc(C(C)(C)C)cc1C(=O)NC=S. The van der Waals surface area contributed by atoms with Crippen LogP contribution in [0.25, 0.3) is 0 Å². The van der Waals surface area contributed by atoms with Gasteiger partial charge in [0.2, 0.25) is 0 Å². The Morgan fingerprint density at radius 3 is 2.60 bits per heavy atom. The Balaban J connectivity index is 3.06. The van der Waals surface area contributed by atoms with Crippen molar-refractivity contribution >= 4 is 23.6 Å². The highest BCUT2D eigenvalue weighted by atomic mass is 32.1. The molecule has 0 spiro atoms. The number of nitrogens with zero attached hydrogens (tertiary/aromatic N) is 2. The molecule has 5 heteroatoms. The summed E-state index contributed by atoms with van der Waals surface area (Å²) in [6.45, 7) is 6.16. The summed E-state index contributed by atoms with van der Waals surface area (Å²) in [6, 6.07) is 1.79. The standard InChI is InChI=1S/C10H15N3OS/c1-10(2,3)8-5-7(13(4)12-8)9(14)11-6-15/h5-6H,1-4H3,(H,11,14,15). The number of amides is 1. The fraction of sp³-hybridized carbons (Fsp3) is 0.500. The number of aromatic nitrogens is 2. The number of aryl methyl sites for hydroxylation is 1. The van der Waals surface area contributed by atoms with E-state index >= 15 is 0 Å². The van der Waals surface area contributed by atoms with Crippen LogP contribution in [-0.2, 0) is 12.5 Å². The zero-order valence-corrected chi connectivity index (χ0v) is 10.2. The van der Waals surface area contributed by atoms with Crippen LogP contribution in [0.4, 0.5) is 0 Å². The number of hydrogen-bond donors (Lipinski definition) is 1. The summed E-state index contributed by atoms with van der Waals surface area (Å²) in [6.07, 6.45) is 0. The maximum Gasteiger partial charge on any atom is 0.274 e. The van der Waals surface area contributed by atoms with Crippen molar-refractivity contribution in [2.45, 2.75) is 26.2 Å². The zero-order chi connectivity index (χ0) is 11.6. The lowest BCUT2D eigenvalue weighted by Crippen LogP contribution is -2.23. The van der Waals surface area contributed by atoms with E-state index < -0.39 is 0 Å². The Labute approximate surface area is 94.7 Å². The molecule has 0 aliphatic carbocycles. The lowest BCUT2D eigenvalue weighted by molar-refractivity contribution is 0.0970. The molecule has 0 fully saturated rings. The molecule has 0 unspecified atom stereocenters. The van der Waals surface area contributed by atoms with Crippen LogP contribution in [0.1, 0.15) is 37.0 Å². The van der Waals surface area contributed by atoms with Gasteiger partial charge in [0.25, 0.3) is 5.91 Å². The van der Waals surface area contributed by atoms with Gasteiger partial charge in [0.1, 0.15) is 5.69 Å². The second-order valence-corrected chi connectivity index (χ2v) is 4.62. The van der Waals surface area contributed by atoms with Crippen LogP contribution in [0.5, 0.6) is 0 Å². The molecule has 1 N–H and O–H groups in total. The molecule has 82 valence electrons. The number of carbonyl (C=O) groups is 1. The van der Waals surface area contributed by atoms with E-state index in [1.54, 1.807) is 17.8 Å². The van der Waals surface area contributed by atoms with E-state index in [4.69, 9.17) is 0 Å². The molecule has 4 nitrogen and oxygen atoms in total. The van der Waals surface area contributed by atoms with Crippen LogP contribution in [0, 0.1) is 0 Å². The third kappa shape index (κ3) is 2.62. The molecule has 0 aliphatic heterocycles. The molecule has 15 heavy (non-hydrogen) atoms. The Hall–Kier alpha value is -1.23. The summed E-state index contributed by atoms with van der Waals surface area (Å²) in [5, 5.41) is 6.75. The molecular weight excluding hydrogens is 210 g/mol. The molecule has 0 aliphatic rings. The summed E-state index contributed by atoms with van der Waals surface area (Å²) in [7, 11) is 1.74. The Morgan fingerprint density at radius 2 is 2.20 bits per heavy atom. The normalized spacial score (nSPS) is 11.2. The second-order valence-electron chi connectivity index (χ2n) is 4.38. The smallest absolute Gasteiger partial charge is 0.274 e. The van der Waals surface area contributed by atoms with Crippen LogP contribution in [0.3, 0.4) is 0 Å². The van der Waals surface area contributed by atoms with Crippen molar-refractivity contribution in [1.29, 1.82) is 0 Å². The van der Waals surface area contributed by atoms with Gasteiger partial charge in [-0.15, -0.1) is 0 Å². The minimum absolute atomic E-state index is 0.0615. The molecule has 0 saturated carbocycles. The molecule has 1 rings (SSSR count). The average Bonchev–Trinajstić information content (AvgIpc) is 2.47. The Bertz CT molecular complexity index is 390. The molecule has 0 saturated heterocycles. The molecule has 0 atom stereocenters. The van der Waals surface area contributed by atoms with Gasteiger partial charge in [0, 0.05) is 12.5 Å². The number of carbonyl (C=O) groups excluding carboxylic acids is 1. The first kappa shape index (κ1) is 11.8. The molecular formula is C10H15N3OS. The number of hydrogen-bond acceptors (Lipinski definition) is 3. The predicted molar refractivity (Wildman–Crippen MR) is 63.0 cm³/mol. The predicted octanol–water partition coefficient (Wildman–Crippen LogP) is 1.40. The van der Waals surface area contributed by atoms with E-state index in [1.807, 2.05) is 0 Å². The van der Waals surface area contributed by atoms with Gasteiger partial charge < -0.3 is 5.32 Å². The molecule has 1 aromatic heterocycles. The topological polar surface area (TPSA) is 46.9 Å². The quantitative estimate of drug-likeness (QED) is 0.774. The highest BCUT2D eigenvalue weighted by molar-refractivity contribution is 7.78. The Morgan fingerprint density at radius 1 is 1.60 bits per heavy atom. The van der Waals surface area contributed by atoms with Gasteiger partial charge in [-0.1, -0.05) is 33.0 Å². The van der Waals surface area contributed by atoms with E-state index in [9.17, 15) is 4.79 Å².